The van der Waals surface area contributed by atoms with Crippen LogP contribution in [0.1, 0.15) is 36.4 Å². The predicted molar refractivity (Wildman–Crippen MR) is 160 cm³/mol. The van der Waals surface area contributed by atoms with Gasteiger partial charge in [0.25, 0.3) is 0 Å². The number of fused-ring (bicyclic) bond motifs is 1. The van der Waals surface area contributed by atoms with Crippen molar-refractivity contribution in [1.82, 2.24) is 24.7 Å². The topological polar surface area (TPSA) is 84.8 Å². The van der Waals surface area contributed by atoms with Crippen LogP contribution in [0.4, 0.5) is 10.6 Å². The van der Waals surface area contributed by atoms with Crippen LogP contribution in [0.15, 0.2) is 67.0 Å². The highest BCUT2D eigenvalue weighted by Crippen LogP contribution is 2.36. The zero-order valence-corrected chi connectivity index (χ0v) is 23.5. The minimum atomic E-state index is -0.244. The standard InChI is InChI=1S/C31H36N6O2S/c38-21-27(24-7-3-1-4-8-24)34-29-26-19-28(40-30(26)33-22-32-29)25-11-9-23(10-12-25)20-35-15-17-37(18-16-35)31(39)36-13-5-2-6-14-36/h1,3-4,7-12,19,22,27,38H,2,5-6,13-18,20-21H2,(H,32,33,34)/t27-/m1/s1. The Kier molecular flexibility index (Phi) is 8.22. The SMILES string of the molecule is O=C(N1CCCCC1)N1CCN(Cc2ccc(-c3cc4c(N[C@H](CO)c5ccccc5)ncnc4s3)cc2)CC1. The molecule has 40 heavy (non-hydrogen) atoms. The molecular formula is C31H36N6O2S. The van der Waals surface area contributed by atoms with Crippen molar-refractivity contribution in [2.45, 2.75) is 31.8 Å². The summed E-state index contributed by atoms with van der Waals surface area (Å²) < 4.78 is 0. The molecule has 4 aromatic rings. The summed E-state index contributed by atoms with van der Waals surface area (Å²) in [6, 6.07) is 20.8. The third kappa shape index (κ3) is 5.96. The molecule has 9 heteroatoms. The van der Waals surface area contributed by atoms with E-state index in [0.717, 1.165) is 90.7 Å². The van der Waals surface area contributed by atoms with Gasteiger partial charge in [-0.15, -0.1) is 11.3 Å². The number of nitrogens with zero attached hydrogens (tertiary/aromatic N) is 5. The molecule has 0 aliphatic carbocycles. The number of piperidine rings is 1. The third-order valence-electron chi connectivity index (χ3n) is 7.94. The maximum absolute atomic E-state index is 12.8. The van der Waals surface area contributed by atoms with E-state index >= 15 is 0 Å². The van der Waals surface area contributed by atoms with Gasteiger partial charge in [0.2, 0.25) is 0 Å². The number of likely N-dealkylation sites (tertiary alicyclic amines) is 1. The van der Waals surface area contributed by atoms with Crippen molar-refractivity contribution in [3.8, 4) is 10.4 Å². The van der Waals surface area contributed by atoms with Gasteiger partial charge >= 0.3 is 6.03 Å². The van der Waals surface area contributed by atoms with Crippen LogP contribution in [0.3, 0.4) is 0 Å². The summed E-state index contributed by atoms with van der Waals surface area (Å²) >= 11 is 1.65. The van der Waals surface area contributed by atoms with E-state index in [1.54, 1.807) is 17.7 Å². The highest BCUT2D eigenvalue weighted by Gasteiger charge is 2.26. The molecule has 2 saturated heterocycles. The number of hydrogen-bond acceptors (Lipinski definition) is 7. The van der Waals surface area contributed by atoms with Gasteiger partial charge in [-0.3, -0.25) is 4.90 Å². The molecule has 6 rings (SSSR count). The molecule has 2 aromatic carbocycles. The van der Waals surface area contributed by atoms with Crippen LogP contribution in [-0.4, -0.2) is 81.7 Å². The van der Waals surface area contributed by atoms with Crippen LogP contribution in [0.2, 0.25) is 0 Å². The van der Waals surface area contributed by atoms with E-state index in [-0.39, 0.29) is 18.7 Å². The van der Waals surface area contributed by atoms with Crippen LogP contribution < -0.4 is 5.32 Å². The summed E-state index contributed by atoms with van der Waals surface area (Å²) in [6.07, 6.45) is 5.08. The number of carbonyl (C=O) groups excluding carboxylic acids is 1. The lowest BCUT2D eigenvalue weighted by Gasteiger charge is -2.38. The maximum atomic E-state index is 12.8. The Bertz CT molecular complexity index is 1410. The molecule has 0 spiro atoms. The lowest BCUT2D eigenvalue weighted by molar-refractivity contribution is 0.105. The normalized spacial score (nSPS) is 17.2. The summed E-state index contributed by atoms with van der Waals surface area (Å²) in [5.74, 6) is 0.727. The molecule has 2 amide bonds. The van der Waals surface area contributed by atoms with Gasteiger partial charge in [0, 0.05) is 50.7 Å². The molecule has 8 nitrogen and oxygen atoms in total. The number of amides is 2. The van der Waals surface area contributed by atoms with Gasteiger partial charge in [-0.05, 0) is 42.0 Å². The highest BCUT2D eigenvalue weighted by molar-refractivity contribution is 7.21. The van der Waals surface area contributed by atoms with E-state index < -0.39 is 0 Å². The molecular weight excluding hydrogens is 520 g/mol. The summed E-state index contributed by atoms with van der Waals surface area (Å²) in [6.45, 7) is 6.09. The predicted octanol–water partition coefficient (Wildman–Crippen LogP) is 5.23. The second-order valence-corrected chi connectivity index (χ2v) is 11.7. The number of aromatic nitrogens is 2. The Morgan fingerprint density at radius 1 is 0.900 bits per heavy atom. The van der Waals surface area contributed by atoms with Crippen LogP contribution in [0.25, 0.3) is 20.7 Å². The summed E-state index contributed by atoms with van der Waals surface area (Å²) in [5, 5.41) is 14.4. The number of anilines is 1. The molecule has 2 fully saturated rings. The molecule has 2 aliphatic rings. The van der Waals surface area contributed by atoms with E-state index in [4.69, 9.17) is 0 Å². The Morgan fingerprint density at radius 3 is 2.35 bits per heavy atom. The fourth-order valence-corrected chi connectivity index (χ4v) is 6.62. The molecule has 2 aromatic heterocycles. The van der Waals surface area contributed by atoms with Crippen molar-refractivity contribution in [3.05, 3.63) is 78.1 Å². The molecule has 2 N–H and O–H groups in total. The number of rotatable bonds is 7. The van der Waals surface area contributed by atoms with E-state index in [1.165, 1.54) is 12.0 Å². The number of benzene rings is 2. The van der Waals surface area contributed by atoms with Crippen molar-refractivity contribution < 1.29 is 9.90 Å². The fraction of sp³-hybridized carbons (Fsp3) is 0.387. The van der Waals surface area contributed by atoms with Gasteiger partial charge in [-0.25, -0.2) is 14.8 Å². The molecule has 0 radical (unpaired) electrons. The minimum Gasteiger partial charge on any atom is -0.394 e. The average molecular weight is 557 g/mol. The molecule has 4 heterocycles. The first-order valence-electron chi connectivity index (χ1n) is 14.2. The number of aliphatic hydroxyl groups is 1. The number of nitrogens with one attached hydrogen (secondary N) is 1. The first-order chi connectivity index (χ1) is 19.7. The van der Waals surface area contributed by atoms with Crippen molar-refractivity contribution in [2.75, 3.05) is 51.2 Å². The Morgan fingerprint density at radius 2 is 1.62 bits per heavy atom. The Hall–Kier alpha value is -3.53. The second kappa shape index (κ2) is 12.3. The fourth-order valence-electron chi connectivity index (χ4n) is 5.61. The van der Waals surface area contributed by atoms with E-state index in [1.807, 2.05) is 40.1 Å². The summed E-state index contributed by atoms with van der Waals surface area (Å²) in [7, 11) is 0. The molecule has 2 aliphatic heterocycles. The lowest BCUT2D eigenvalue weighted by atomic mass is 10.1. The monoisotopic (exact) mass is 556 g/mol. The number of hydrogen-bond donors (Lipinski definition) is 2. The first kappa shape index (κ1) is 26.7. The zero-order valence-electron chi connectivity index (χ0n) is 22.7. The van der Waals surface area contributed by atoms with E-state index in [9.17, 15) is 9.90 Å². The van der Waals surface area contributed by atoms with Crippen molar-refractivity contribution in [2.24, 2.45) is 0 Å². The van der Waals surface area contributed by atoms with Crippen molar-refractivity contribution in [1.29, 1.82) is 0 Å². The van der Waals surface area contributed by atoms with E-state index in [2.05, 4.69) is 50.5 Å². The smallest absolute Gasteiger partial charge is 0.320 e. The van der Waals surface area contributed by atoms with Gasteiger partial charge in [-0.2, -0.15) is 0 Å². The highest BCUT2D eigenvalue weighted by atomic mass is 32.1. The second-order valence-electron chi connectivity index (χ2n) is 10.6. The van der Waals surface area contributed by atoms with Gasteiger partial charge in [0.1, 0.15) is 17.0 Å². The molecule has 208 valence electrons. The molecule has 0 unspecified atom stereocenters. The maximum Gasteiger partial charge on any atom is 0.320 e. The third-order valence-corrected chi connectivity index (χ3v) is 9.03. The molecule has 0 bridgehead atoms. The van der Waals surface area contributed by atoms with Gasteiger partial charge in [0.15, 0.2) is 0 Å². The quantitative estimate of drug-likeness (QED) is 0.324. The van der Waals surface area contributed by atoms with Gasteiger partial charge < -0.3 is 20.2 Å². The summed E-state index contributed by atoms with van der Waals surface area (Å²) in [4.78, 5) is 30.4. The minimum absolute atomic E-state index is 0.0300. The number of piperazine rings is 1. The average Bonchev–Trinajstić information content (AvgIpc) is 3.46. The van der Waals surface area contributed by atoms with Crippen LogP contribution >= 0.6 is 11.3 Å². The number of urea groups is 1. The Labute approximate surface area is 239 Å². The van der Waals surface area contributed by atoms with Gasteiger partial charge in [0.05, 0.1) is 18.0 Å². The number of carbonyl (C=O) groups is 1. The Balaban J connectivity index is 1.09. The number of thiophene rings is 1. The van der Waals surface area contributed by atoms with Crippen LogP contribution in [0, 0.1) is 0 Å². The zero-order chi connectivity index (χ0) is 27.3. The van der Waals surface area contributed by atoms with Crippen LogP contribution in [-0.2, 0) is 6.54 Å². The summed E-state index contributed by atoms with van der Waals surface area (Å²) in [5.41, 5.74) is 3.44. The number of aliphatic hydroxyl groups excluding tert-OH is 1. The van der Waals surface area contributed by atoms with E-state index in [0.29, 0.717) is 0 Å². The van der Waals surface area contributed by atoms with Crippen molar-refractivity contribution in [3.63, 3.8) is 0 Å². The molecule has 1 atom stereocenters. The molecule has 0 saturated carbocycles. The first-order valence-corrected chi connectivity index (χ1v) is 15.0. The van der Waals surface area contributed by atoms with Crippen molar-refractivity contribution >= 4 is 33.4 Å². The largest absolute Gasteiger partial charge is 0.394 e. The van der Waals surface area contributed by atoms with Gasteiger partial charge in [-0.1, -0.05) is 54.6 Å². The lowest BCUT2D eigenvalue weighted by Crippen LogP contribution is -2.53. The van der Waals surface area contributed by atoms with Crippen LogP contribution in [0.5, 0.6) is 0 Å².